The Hall–Kier alpha value is -1.84. The van der Waals surface area contributed by atoms with Crippen LogP contribution in [0.15, 0.2) is 48.5 Å². The SMILES string of the molecule is Cc1ccc(N(c2ccc(C)cc2)C(CO)CCO)cc1. The van der Waals surface area contributed by atoms with Crippen LogP contribution in [0, 0.1) is 13.8 Å². The smallest absolute Gasteiger partial charge is 0.0640 e. The van der Waals surface area contributed by atoms with E-state index in [1.807, 2.05) is 0 Å². The predicted octanol–water partition coefficient (Wildman–Crippen LogP) is 3.18. The summed E-state index contributed by atoms with van der Waals surface area (Å²) in [5.74, 6) is 0. The fourth-order valence-corrected chi connectivity index (χ4v) is 2.43. The maximum atomic E-state index is 9.71. The van der Waals surface area contributed by atoms with Crippen LogP contribution in [0.2, 0.25) is 0 Å². The third-order valence-corrected chi connectivity index (χ3v) is 3.66. The van der Waals surface area contributed by atoms with Crippen molar-refractivity contribution in [3.05, 3.63) is 59.7 Å². The lowest BCUT2D eigenvalue weighted by atomic mass is 10.1. The molecule has 0 bridgehead atoms. The molecule has 0 aliphatic rings. The van der Waals surface area contributed by atoms with Gasteiger partial charge in [0.1, 0.15) is 0 Å². The number of nitrogens with zero attached hydrogens (tertiary/aromatic N) is 1. The number of aliphatic hydroxyl groups is 2. The third-order valence-electron chi connectivity index (χ3n) is 3.66. The molecular weight excluding hydrogens is 262 g/mol. The monoisotopic (exact) mass is 285 g/mol. The van der Waals surface area contributed by atoms with Crippen molar-refractivity contribution in [1.82, 2.24) is 0 Å². The van der Waals surface area contributed by atoms with Gasteiger partial charge in [-0.25, -0.2) is 0 Å². The molecule has 112 valence electrons. The van der Waals surface area contributed by atoms with Crippen LogP contribution in [0.4, 0.5) is 11.4 Å². The first-order chi connectivity index (χ1) is 10.2. The summed E-state index contributed by atoms with van der Waals surface area (Å²) in [6.07, 6.45) is 0.526. The van der Waals surface area contributed by atoms with Crippen molar-refractivity contribution in [3.8, 4) is 0 Å². The van der Waals surface area contributed by atoms with Gasteiger partial charge in [-0.05, 0) is 44.5 Å². The molecule has 0 amide bonds. The van der Waals surface area contributed by atoms with E-state index in [1.165, 1.54) is 11.1 Å². The first-order valence-corrected chi connectivity index (χ1v) is 7.30. The number of hydrogen-bond donors (Lipinski definition) is 2. The van der Waals surface area contributed by atoms with E-state index >= 15 is 0 Å². The van der Waals surface area contributed by atoms with Gasteiger partial charge in [0, 0.05) is 18.0 Å². The van der Waals surface area contributed by atoms with Gasteiger partial charge in [-0.2, -0.15) is 0 Å². The van der Waals surface area contributed by atoms with Gasteiger partial charge >= 0.3 is 0 Å². The first kappa shape index (κ1) is 15.5. The van der Waals surface area contributed by atoms with Crippen molar-refractivity contribution in [2.24, 2.45) is 0 Å². The van der Waals surface area contributed by atoms with E-state index in [4.69, 9.17) is 0 Å². The van der Waals surface area contributed by atoms with Crippen LogP contribution in [-0.2, 0) is 0 Å². The topological polar surface area (TPSA) is 43.7 Å². The second-order valence-corrected chi connectivity index (χ2v) is 5.39. The fraction of sp³-hybridized carbons (Fsp3) is 0.333. The summed E-state index contributed by atoms with van der Waals surface area (Å²) >= 11 is 0. The van der Waals surface area contributed by atoms with Gasteiger partial charge in [0.2, 0.25) is 0 Å². The lowest BCUT2D eigenvalue weighted by Crippen LogP contribution is -2.35. The minimum absolute atomic E-state index is 0.00229. The molecule has 3 heteroatoms. The van der Waals surface area contributed by atoms with Gasteiger partial charge in [0.05, 0.1) is 12.6 Å². The molecule has 0 saturated carbocycles. The Morgan fingerprint density at radius 2 is 1.24 bits per heavy atom. The van der Waals surface area contributed by atoms with Gasteiger partial charge in [0.25, 0.3) is 0 Å². The summed E-state index contributed by atoms with van der Waals surface area (Å²) in [5, 5.41) is 19.0. The second kappa shape index (κ2) is 7.25. The number of hydrogen-bond acceptors (Lipinski definition) is 3. The second-order valence-electron chi connectivity index (χ2n) is 5.39. The third kappa shape index (κ3) is 3.84. The van der Waals surface area contributed by atoms with Gasteiger partial charge in [0.15, 0.2) is 0 Å². The van der Waals surface area contributed by atoms with Crippen LogP contribution in [-0.4, -0.2) is 29.5 Å². The van der Waals surface area contributed by atoms with E-state index in [0.717, 1.165) is 11.4 Å². The standard InChI is InChI=1S/C18H23NO2/c1-14-3-7-16(8-4-14)19(18(13-21)11-12-20)17-9-5-15(2)6-10-17/h3-10,18,20-21H,11-13H2,1-2H3. The van der Waals surface area contributed by atoms with Crippen molar-refractivity contribution >= 4 is 11.4 Å². The molecule has 0 saturated heterocycles. The zero-order chi connectivity index (χ0) is 15.2. The first-order valence-electron chi connectivity index (χ1n) is 7.30. The summed E-state index contributed by atoms with van der Waals surface area (Å²) in [6, 6.07) is 16.3. The number of rotatable bonds is 6. The average Bonchev–Trinajstić information content (AvgIpc) is 2.50. The number of anilines is 2. The average molecular weight is 285 g/mol. The van der Waals surface area contributed by atoms with E-state index in [0.29, 0.717) is 6.42 Å². The predicted molar refractivity (Wildman–Crippen MR) is 87.1 cm³/mol. The normalized spacial score (nSPS) is 12.2. The van der Waals surface area contributed by atoms with Crippen molar-refractivity contribution in [1.29, 1.82) is 0 Å². The van der Waals surface area contributed by atoms with E-state index in [2.05, 4.69) is 67.3 Å². The maximum Gasteiger partial charge on any atom is 0.0640 e. The summed E-state index contributed by atoms with van der Waals surface area (Å²) in [4.78, 5) is 2.09. The highest BCUT2D eigenvalue weighted by Gasteiger charge is 2.19. The minimum atomic E-state index is -0.139. The zero-order valence-corrected chi connectivity index (χ0v) is 12.7. The van der Waals surface area contributed by atoms with Gasteiger partial charge in [-0.15, -0.1) is 0 Å². The van der Waals surface area contributed by atoms with Gasteiger partial charge in [-0.1, -0.05) is 35.4 Å². The van der Waals surface area contributed by atoms with Crippen molar-refractivity contribution in [2.45, 2.75) is 26.3 Å². The maximum absolute atomic E-state index is 9.71. The Kier molecular flexibility index (Phi) is 5.37. The van der Waals surface area contributed by atoms with Crippen LogP contribution in [0.5, 0.6) is 0 Å². The summed E-state index contributed by atoms with van der Waals surface area (Å²) in [5.41, 5.74) is 4.45. The highest BCUT2D eigenvalue weighted by atomic mass is 16.3. The summed E-state index contributed by atoms with van der Waals surface area (Å²) < 4.78 is 0. The summed E-state index contributed by atoms with van der Waals surface area (Å²) in [6.45, 7) is 4.16. The Bertz CT molecular complexity index is 503. The largest absolute Gasteiger partial charge is 0.396 e. The molecule has 0 aliphatic heterocycles. The molecule has 0 radical (unpaired) electrons. The molecule has 0 aliphatic carbocycles. The van der Waals surface area contributed by atoms with Gasteiger partial charge in [-0.3, -0.25) is 0 Å². The van der Waals surface area contributed by atoms with E-state index in [-0.39, 0.29) is 19.3 Å². The highest BCUT2D eigenvalue weighted by molar-refractivity contribution is 5.64. The Labute approximate surface area is 126 Å². The molecular formula is C18H23NO2. The van der Waals surface area contributed by atoms with Crippen LogP contribution < -0.4 is 4.90 Å². The lowest BCUT2D eigenvalue weighted by molar-refractivity contribution is 0.220. The molecule has 0 heterocycles. The molecule has 0 aromatic heterocycles. The zero-order valence-electron chi connectivity index (χ0n) is 12.7. The molecule has 2 aromatic rings. The van der Waals surface area contributed by atoms with E-state index in [1.54, 1.807) is 0 Å². The van der Waals surface area contributed by atoms with Crippen LogP contribution in [0.1, 0.15) is 17.5 Å². The van der Waals surface area contributed by atoms with Crippen LogP contribution in [0.25, 0.3) is 0 Å². The molecule has 1 atom stereocenters. The van der Waals surface area contributed by atoms with Crippen molar-refractivity contribution < 1.29 is 10.2 Å². The number of aliphatic hydroxyl groups excluding tert-OH is 2. The Morgan fingerprint density at radius 3 is 1.57 bits per heavy atom. The molecule has 2 rings (SSSR count). The van der Waals surface area contributed by atoms with E-state index < -0.39 is 0 Å². The fourth-order valence-electron chi connectivity index (χ4n) is 2.43. The van der Waals surface area contributed by atoms with Crippen molar-refractivity contribution in [3.63, 3.8) is 0 Å². The van der Waals surface area contributed by atoms with Crippen LogP contribution >= 0.6 is 0 Å². The molecule has 2 N–H and O–H groups in total. The minimum Gasteiger partial charge on any atom is -0.396 e. The molecule has 2 aromatic carbocycles. The quantitative estimate of drug-likeness (QED) is 0.856. The molecule has 1 unspecified atom stereocenters. The number of benzene rings is 2. The highest BCUT2D eigenvalue weighted by Crippen LogP contribution is 2.29. The molecule has 0 spiro atoms. The summed E-state index contributed by atoms with van der Waals surface area (Å²) in [7, 11) is 0. The molecule has 3 nitrogen and oxygen atoms in total. The van der Waals surface area contributed by atoms with Crippen LogP contribution in [0.3, 0.4) is 0 Å². The molecule has 21 heavy (non-hydrogen) atoms. The van der Waals surface area contributed by atoms with Crippen molar-refractivity contribution in [2.75, 3.05) is 18.1 Å². The van der Waals surface area contributed by atoms with E-state index in [9.17, 15) is 10.2 Å². The van der Waals surface area contributed by atoms with Gasteiger partial charge < -0.3 is 15.1 Å². The lowest BCUT2D eigenvalue weighted by Gasteiger charge is -2.32. The Balaban J connectivity index is 2.42. The Morgan fingerprint density at radius 1 is 0.810 bits per heavy atom. The number of aryl methyl sites for hydroxylation is 2. The molecule has 0 fully saturated rings.